The van der Waals surface area contributed by atoms with E-state index in [9.17, 15) is 13.2 Å². The summed E-state index contributed by atoms with van der Waals surface area (Å²) in [5, 5.41) is 4.22. The molecule has 0 aliphatic carbocycles. The fraction of sp³-hybridized carbons (Fsp3) is 0.0741. The van der Waals surface area contributed by atoms with E-state index in [1.165, 1.54) is 18.5 Å². The molecule has 190 valence electrons. The molecule has 0 bridgehead atoms. The third-order valence-electron chi connectivity index (χ3n) is 5.78. The van der Waals surface area contributed by atoms with Crippen LogP contribution < -0.4 is 15.8 Å². The maximum absolute atomic E-state index is 12.7. The van der Waals surface area contributed by atoms with Crippen LogP contribution in [0.3, 0.4) is 0 Å². The van der Waals surface area contributed by atoms with Gasteiger partial charge < -0.3 is 11.1 Å². The van der Waals surface area contributed by atoms with Crippen molar-refractivity contribution in [1.29, 1.82) is 0 Å². The summed E-state index contributed by atoms with van der Waals surface area (Å²) < 4.78 is 26.3. The van der Waals surface area contributed by atoms with Crippen LogP contribution in [0.2, 0.25) is 0 Å². The molecule has 10 nitrogen and oxygen atoms in total. The maximum atomic E-state index is 12.7. The first-order valence-electron chi connectivity index (χ1n) is 11.7. The average molecular weight is 527 g/mol. The molecule has 5 rings (SSSR count). The molecule has 0 spiro atoms. The lowest BCUT2D eigenvalue weighted by molar-refractivity contribution is -0.483. The number of primary amides is 1. The molecule has 1 amide bonds. The van der Waals surface area contributed by atoms with Gasteiger partial charge in [0, 0.05) is 18.0 Å². The normalized spacial score (nSPS) is 11.4. The fourth-order valence-corrected chi connectivity index (χ4v) is 5.04. The lowest BCUT2D eigenvalue weighted by atomic mass is 10.0. The summed E-state index contributed by atoms with van der Waals surface area (Å²) in [5.41, 5.74) is 8.99. The van der Waals surface area contributed by atoms with Gasteiger partial charge in [-0.25, -0.2) is 14.7 Å². The number of quaternary nitrogens is 1. The Morgan fingerprint density at radius 2 is 1.74 bits per heavy atom. The molecule has 5 aromatic rings. The van der Waals surface area contributed by atoms with Crippen molar-refractivity contribution in [2.75, 3.05) is 11.9 Å². The number of carbonyl (C=O) groups excluding carboxylic acids is 1. The van der Waals surface area contributed by atoms with Crippen LogP contribution in [0.4, 0.5) is 5.82 Å². The zero-order valence-corrected chi connectivity index (χ0v) is 21.0. The highest BCUT2D eigenvalue weighted by atomic mass is 32.2. The molecular weight excluding hydrogens is 502 g/mol. The van der Waals surface area contributed by atoms with Crippen LogP contribution in [0.25, 0.3) is 33.4 Å². The van der Waals surface area contributed by atoms with Gasteiger partial charge in [-0.15, -0.1) is 0 Å². The number of nitrogens with two attached hydrogens (primary N) is 2. The van der Waals surface area contributed by atoms with Crippen LogP contribution in [0.15, 0.2) is 96.3 Å². The van der Waals surface area contributed by atoms with Gasteiger partial charge in [0.25, 0.3) is 5.91 Å². The molecule has 5 N–H and O–H groups in total. The average Bonchev–Trinajstić information content (AvgIpc) is 2.95. The Hall–Kier alpha value is -4.74. The van der Waals surface area contributed by atoms with E-state index in [1.54, 1.807) is 6.20 Å². The van der Waals surface area contributed by atoms with Gasteiger partial charge in [-0.1, -0.05) is 48.5 Å². The van der Waals surface area contributed by atoms with Crippen LogP contribution in [-0.2, 0) is 21.4 Å². The second kappa shape index (κ2) is 10.7. The predicted molar refractivity (Wildman–Crippen MR) is 143 cm³/mol. The number of hydrogen-bond donors (Lipinski definition) is 3. The standard InChI is InChI=1S/C27H23N7O3S/c28-24(35)17-32-38(36,37)21-13-19(14-29-16-21)26-33-23-11-6-10-22(18-7-2-1-3-8-18)25(23)27(34-26)31-15-20-9-4-5-12-30-20/h1-14,16,32H,15,17H2,(H2,28,35)(H,31,33,34)/p+1. The van der Waals surface area contributed by atoms with Crippen molar-refractivity contribution in [3.8, 4) is 22.5 Å². The van der Waals surface area contributed by atoms with Gasteiger partial charge >= 0.3 is 10.0 Å². The summed E-state index contributed by atoms with van der Waals surface area (Å²) >= 11 is 0. The number of nitrogens with zero attached hydrogens (tertiary/aromatic N) is 4. The molecule has 0 aliphatic rings. The molecule has 0 saturated heterocycles. The summed E-state index contributed by atoms with van der Waals surface area (Å²) in [6, 6.07) is 22.9. The van der Waals surface area contributed by atoms with Gasteiger partial charge in [-0.3, -0.25) is 14.8 Å². The Labute approximate surface area is 219 Å². The zero-order chi connectivity index (χ0) is 26.5. The number of hydrogen-bond acceptors (Lipinski definition) is 8. The fourth-order valence-electron chi connectivity index (χ4n) is 3.96. The van der Waals surface area contributed by atoms with E-state index in [-0.39, 0.29) is 4.90 Å². The van der Waals surface area contributed by atoms with Gasteiger partial charge in [0.1, 0.15) is 10.7 Å². The van der Waals surface area contributed by atoms with Gasteiger partial charge in [0.05, 0.1) is 29.3 Å². The monoisotopic (exact) mass is 526 g/mol. The van der Waals surface area contributed by atoms with Crippen molar-refractivity contribution in [1.82, 2.24) is 19.9 Å². The van der Waals surface area contributed by atoms with E-state index < -0.39 is 22.5 Å². The Morgan fingerprint density at radius 1 is 0.921 bits per heavy atom. The Kier molecular flexibility index (Phi) is 7.03. The topological polar surface area (TPSA) is 157 Å². The number of pyridine rings is 2. The van der Waals surface area contributed by atoms with Crippen molar-refractivity contribution < 1.29 is 17.9 Å². The van der Waals surface area contributed by atoms with Gasteiger partial charge in [-0.2, -0.15) is 8.42 Å². The highest BCUT2D eigenvalue weighted by Crippen LogP contribution is 2.34. The van der Waals surface area contributed by atoms with Gasteiger partial charge in [0.15, 0.2) is 12.4 Å². The largest absolute Gasteiger partial charge is 0.365 e. The smallest absolute Gasteiger partial charge is 0.326 e. The van der Waals surface area contributed by atoms with Crippen LogP contribution in [0.5, 0.6) is 0 Å². The van der Waals surface area contributed by atoms with E-state index in [0.29, 0.717) is 29.3 Å². The molecule has 3 heterocycles. The molecule has 11 heteroatoms. The molecule has 0 fully saturated rings. The van der Waals surface area contributed by atoms with Gasteiger partial charge in [0.2, 0.25) is 0 Å². The molecular formula is C27H24N7O3S+. The molecule has 0 aliphatic heterocycles. The minimum absolute atomic E-state index is 0.0824. The number of sulfonamides is 1. The lowest BCUT2D eigenvalue weighted by Crippen LogP contribution is -2.89. The Balaban J connectivity index is 1.62. The summed E-state index contributed by atoms with van der Waals surface area (Å²) in [4.78, 5) is 29.1. The summed E-state index contributed by atoms with van der Waals surface area (Å²) in [6.07, 6.45) is 4.44. The summed E-state index contributed by atoms with van der Waals surface area (Å²) in [6.45, 7) is 0.0210. The van der Waals surface area contributed by atoms with E-state index in [0.717, 1.165) is 26.9 Å². The Bertz CT molecular complexity index is 1710. The third-order valence-corrected chi connectivity index (χ3v) is 7.26. The molecule has 0 radical (unpaired) electrons. The molecule has 2 aromatic carbocycles. The van der Waals surface area contributed by atoms with E-state index in [2.05, 4.69) is 15.3 Å². The zero-order valence-electron chi connectivity index (χ0n) is 20.2. The summed E-state index contributed by atoms with van der Waals surface area (Å²) in [5.74, 6) is 0.128. The number of rotatable bonds is 9. The number of aromatic nitrogens is 4. The minimum Gasteiger partial charge on any atom is -0.365 e. The highest BCUT2D eigenvalue weighted by Gasteiger charge is 2.21. The molecule has 3 aromatic heterocycles. The van der Waals surface area contributed by atoms with E-state index in [4.69, 9.17) is 15.7 Å². The third kappa shape index (κ3) is 5.48. The second-order valence-corrected chi connectivity index (χ2v) is 10.3. The minimum atomic E-state index is -3.90. The summed E-state index contributed by atoms with van der Waals surface area (Å²) in [7, 11) is -3.90. The van der Waals surface area contributed by atoms with Crippen LogP contribution >= 0.6 is 0 Å². The van der Waals surface area contributed by atoms with Crippen LogP contribution in [-0.4, -0.2) is 40.8 Å². The Morgan fingerprint density at radius 3 is 2.50 bits per heavy atom. The number of carbonyl (C=O) groups is 1. The second-order valence-electron chi connectivity index (χ2n) is 8.43. The molecule has 0 saturated carbocycles. The molecule has 0 atom stereocenters. The van der Waals surface area contributed by atoms with Crippen molar-refractivity contribution in [2.24, 2.45) is 5.73 Å². The number of nitrogens with one attached hydrogen (secondary N) is 1. The SMILES string of the molecule is NC(=O)C[NH2+]S(=O)(=O)c1cncc(-c2nc(NCc3ccccn3)c3c(-c4ccccc4)cccc3n2)c1. The van der Waals surface area contributed by atoms with Crippen LogP contribution in [0.1, 0.15) is 5.69 Å². The molecule has 0 unspecified atom stereocenters. The van der Waals surface area contributed by atoms with Crippen molar-refractivity contribution >= 4 is 32.7 Å². The number of primary sulfonamides is 1. The number of anilines is 1. The quantitative estimate of drug-likeness (QED) is 0.263. The van der Waals surface area contributed by atoms with Crippen molar-refractivity contribution in [3.63, 3.8) is 0 Å². The predicted octanol–water partition coefficient (Wildman–Crippen LogP) is 2.10. The van der Waals surface area contributed by atoms with Crippen molar-refractivity contribution in [2.45, 2.75) is 11.4 Å². The van der Waals surface area contributed by atoms with E-state index in [1.807, 2.05) is 66.7 Å². The first-order valence-corrected chi connectivity index (χ1v) is 13.3. The molecule has 38 heavy (non-hydrogen) atoms. The maximum Gasteiger partial charge on any atom is 0.326 e. The van der Waals surface area contributed by atoms with Crippen LogP contribution in [0, 0.1) is 0 Å². The van der Waals surface area contributed by atoms with Gasteiger partial charge in [-0.05, 0) is 35.4 Å². The van der Waals surface area contributed by atoms with E-state index >= 15 is 0 Å². The first kappa shape index (κ1) is 24.9. The highest BCUT2D eigenvalue weighted by molar-refractivity contribution is 7.84. The first-order chi connectivity index (χ1) is 18.4. The number of amides is 1. The lowest BCUT2D eigenvalue weighted by Gasteiger charge is -2.14. The number of benzene rings is 2. The van der Waals surface area contributed by atoms with Crippen molar-refractivity contribution in [3.05, 3.63) is 97.1 Å². The number of fused-ring (bicyclic) bond motifs is 1.